The third-order valence-electron chi connectivity index (χ3n) is 4.69. The normalized spacial score (nSPS) is 27.6. The van der Waals surface area contributed by atoms with Gasteiger partial charge in [0.05, 0.1) is 11.5 Å². The highest BCUT2D eigenvalue weighted by Crippen LogP contribution is 2.42. The van der Waals surface area contributed by atoms with Crippen LogP contribution in [0.25, 0.3) is 0 Å². The van der Waals surface area contributed by atoms with E-state index in [9.17, 15) is 15.0 Å². The van der Waals surface area contributed by atoms with Crippen molar-refractivity contribution in [3.05, 3.63) is 0 Å². The minimum atomic E-state index is -0.925. The smallest absolute Gasteiger partial charge is 0.309 e. The lowest BCUT2D eigenvalue weighted by Gasteiger charge is -2.41. The van der Waals surface area contributed by atoms with Gasteiger partial charge in [0.1, 0.15) is 0 Å². The summed E-state index contributed by atoms with van der Waals surface area (Å²) in [7, 11) is 0. The number of aliphatic carboxylic acids is 1. The molecule has 0 saturated heterocycles. The largest absolute Gasteiger partial charge is 0.481 e. The molecular formula is C14H24O3. The Morgan fingerprint density at radius 1 is 1.00 bits per heavy atom. The molecule has 17 heavy (non-hydrogen) atoms. The van der Waals surface area contributed by atoms with Crippen LogP contribution < -0.4 is 0 Å². The molecular weight excluding hydrogens is 216 g/mol. The first kappa shape index (κ1) is 12.9. The molecule has 2 aliphatic carbocycles. The van der Waals surface area contributed by atoms with E-state index in [0.29, 0.717) is 12.8 Å². The van der Waals surface area contributed by atoms with Crippen molar-refractivity contribution >= 4 is 5.97 Å². The Kier molecular flexibility index (Phi) is 4.08. The topological polar surface area (TPSA) is 57.5 Å². The van der Waals surface area contributed by atoms with E-state index >= 15 is 0 Å². The molecule has 0 aromatic rings. The molecule has 2 aliphatic rings. The monoisotopic (exact) mass is 240 g/mol. The molecule has 0 aromatic heterocycles. The van der Waals surface area contributed by atoms with E-state index in [2.05, 4.69) is 0 Å². The minimum Gasteiger partial charge on any atom is -0.481 e. The van der Waals surface area contributed by atoms with Crippen molar-refractivity contribution in [1.82, 2.24) is 0 Å². The molecule has 0 bridgehead atoms. The predicted octanol–water partition coefficient (Wildman–Crippen LogP) is 2.96. The Hall–Kier alpha value is -0.570. The zero-order chi connectivity index (χ0) is 12.3. The SMILES string of the molecule is O=C(O)C(C1CCCCC1)C1(O)CCCCC1. The number of carboxylic acids is 1. The van der Waals surface area contributed by atoms with Gasteiger partial charge in [-0.3, -0.25) is 4.79 Å². The van der Waals surface area contributed by atoms with Crippen molar-refractivity contribution in [1.29, 1.82) is 0 Å². The first-order valence-electron chi connectivity index (χ1n) is 7.09. The van der Waals surface area contributed by atoms with Gasteiger partial charge < -0.3 is 10.2 Å². The fourth-order valence-corrected chi connectivity index (χ4v) is 3.81. The van der Waals surface area contributed by atoms with Gasteiger partial charge >= 0.3 is 5.97 Å². The van der Waals surface area contributed by atoms with Gasteiger partial charge in [-0.25, -0.2) is 0 Å². The van der Waals surface area contributed by atoms with Crippen molar-refractivity contribution in [2.24, 2.45) is 11.8 Å². The minimum absolute atomic E-state index is 0.198. The molecule has 3 nitrogen and oxygen atoms in total. The molecule has 2 saturated carbocycles. The van der Waals surface area contributed by atoms with Crippen LogP contribution in [0.2, 0.25) is 0 Å². The molecule has 1 unspecified atom stereocenters. The number of rotatable bonds is 3. The molecule has 0 radical (unpaired) electrons. The van der Waals surface area contributed by atoms with Crippen molar-refractivity contribution in [2.75, 3.05) is 0 Å². The lowest BCUT2D eigenvalue weighted by Crippen LogP contribution is -2.48. The summed E-state index contributed by atoms with van der Waals surface area (Å²) in [6.07, 6.45) is 9.91. The third-order valence-corrected chi connectivity index (χ3v) is 4.69. The second kappa shape index (κ2) is 5.38. The summed E-state index contributed by atoms with van der Waals surface area (Å²) in [5.74, 6) is -1.10. The van der Waals surface area contributed by atoms with Gasteiger partial charge in [0, 0.05) is 0 Å². The molecule has 0 amide bonds. The zero-order valence-electron chi connectivity index (χ0n) is 10.5. The van der Waals surface area contributed by atoms with Gasteiger partial charge in [0.15, 0.2) is 0 Å². The highest BCUT2D eigenvalue weighted by molar-refractivity contribution is 5.72. The first-order valence-corrected chi connectivity index (χ1v) is 7.09. The van der Waals surface area contributed by atoms with Gasteiger partial charge in [-0.15, -0.1) is 0 Å². The molecule has 2 fully saturated rings. The van der Waals surface area contributed by atoms with Crippen molar-refractivity contribution in [2.45, 2.75) is 69.8 Å². The maximum absolute atomic E-state index is 11.5. The summed E-state index contributed by atoms with van der Waals surface area (Å²) >= 11 is 0. The van der Waals surface area contributed by atoms with Crippen molar-refractivity contribution < 1.29 is 15.0 Å². The van der Waals surface area contributed by atoms with Crippen LogP contribution in [-0.4, -0.2) is 21.8 Å². The summed E-state index contributed by atoms with van der Waals surface area (Å²) in [6.45, 7) is 0. The molecule has 2 rings (SSSR count). The Morgan fingerprint density at radius 2 is 1.53 bits per heavy atom. The summed E-state index contributed by atoms with van der Waals surface area (Å²) in [4.78, 5) is 11.5. The molecule has 0 heterocycles. The second-order valence-corrected chi connectivity index (χ2v) is 5.88. The van der Waals surface area contributed by atoms with Gasteiger partial charge in [-0.2, -0.15) is 0 Å². The van der Waals surface area contributed by atoms with Crippen LogP contribution in [0.4, 0.5) is 0 Å². The average molecular weight is 240 g/mol. The van der Waals surface area contributed by atoms with Crippen LogP contribution in [0.5, 0.6) is 0 Å². The summed E-state index contributed by atoms with van der Waals surface area (Å²) in [6, 6.07) is 0. The highest BCUT2D eigenvalue weighted by atomic mass is 16.4. The number of hydrogen-bond acceptors (Lipinski definition) is 2. The summed E-state index contributed by atoms with van der Waals surface area (Å²) < 4.78 is 0. The van der Waals surface area contributed by atoms with E-state index in [1.54, 1.807) is 0 Å². The van der Waals surface area contributed by atoms with E-state index in [-0.39, 0.29) is 5.92 Å². The average Bonchev–Trinajstić information content (AvgIpc) is 2.30. The van der Waals surface area contributed by atoms with E-state index in [1.807, 2.05) is 0 Å². The standard InChI is InChI=1S/C14H24O3/c15-13(16)12(11-7-3-1-4-8-11)14(17)9-5-2-6-10-14/h11-12,17H,1-10H2,(H,15,16). The van der Waals surface area contributed by atoms with Gasteiger partial charge in [-0.1, -0.05) is 38.5 Å². The zero-order valence-corrected chi connectivity index (χ0v) is 10.5. The van der Waals surface area contributed by atoms with Crippen LogP contribution in [0, 0.1) is 11.8 Å². The van der Waals surface area contributed by atoms with E-state index < -0.39 is 17.5 Å². The van der Waals surface area contributed by atoms with E-state index in [4.69, 9.17) is 0 Å². The molecule has 3 heteroatoms. The van der Waals surface area contributed by atoms with Gasteiger partial charge in [-0.05, 0) is 31.6 Å². The highest BCUT2D eigenvalue weighted by Gasteiger charge is 2.46. The Labute approximate surface area is 103 Å². The lowest BCUT2D eigenvalue weighted by molar-refractivity contribution is -0.161. The quantitative estimate of drug-likeness (QED) is 0.797. The Morgan fingerprint density at radius 3 is 2.06 bits per heavy atom. The maximum Gasteiger partial charge on any atom is 0.309 e. The molecule has 0 spiro atoms. The van der Waals surface area contributed by atoms with Gasteiger partial charge in [0.2, 0.25) is 0 Å². The fraction of sp³-hybridized carbons (Fsp3) is 0.929. The summed E-state index contributed by atoms with van der Waals surface area (Å²) in [5, 5.41) is 20.2. The number of carboxylic acid groups (broad SMARTS) is 1. The Bertz CT molecular complexity index is 263. The van der Waals surface area contributed by atoms with Crippen LogP contribution >= 0.6 is 0 Å². The van der Waals surface area contributed by atoms with E-state index in [0.717, 1.165) is 44.9 Å². The summed E-state index contributed by atoms with van der Waals surface area (Å²) in [5.41, 5.74) is -0.925. The van der Waals surface area contributed by atoms with Crippen LogP contribution in [-0.2, 0) is 4.79 Å². The van der Waals surface area contributed by atoms with Crippen LogP contribution in [0.1, 0.15) is 64.2 Å². The van der Waals surface area contributed by atoms with E-state index in [1.165, 1.54) is 6.42 Å². The Balaban J connectivity index is 2.12. The fourth-order valence-electron chi connectivity index (χ4n) is 3.81. The maximum atomic E-state index is 11.5. The van der Waals surface area contributed by atoms with Crippen molar-refractivity contribution in [3.8, 4) is 0 Å². The third kappa shape index (κ3) is 2.82. The molecule has 98 valence electrons. The molecule has 0 aliphatic heterocycles. The predicted molar refractivity (Wildman–Crippen MR) is 65.7 cm³/mol. The second-order valence-electron chi connectivity index (χ2n) is 5.88. The van der Waals surface area contributed by atoms with Gasteiger partial charge in [0.25, 0.3) is 0 Å². The molecule has 0 aromatic carbocycles. The molecule has 1 atom stereocenters. The van der Waals surface area contributed by atoms with Crippen LogP contribution in [0.3, 0.4) is 0 Å². The number of hydrogen-bond donors (Lipinski definition) is 2. The number of carbonyl (C=O) groups is 1. The molecule has 2 N–H and O–H groups in total. The van der Waals surface area contributed by atoms with Crippen molar-refractivity contribution in [3.63, 3.8) is 0 Å². The van der Waals surface area contributed by atoms with Crippen LogP contribution in [0.15, 0.2) is 0 Å². The first-order chi connectivity index (χ1) is 8.13. The number of aliphatic hydroxyl groups is 1. The lowest BCUT2D eigenvalue weighted by atomic mass is 9.67.